The standard InChI is InChI=1S/C17H20N2O2/c1-12-3-8-16(15(9-12)17(21)18-2)19-10-13-4-6-14(11-20)7-5-13/h3-9,19-20H,10-11H2,1-2H3,(H,18,21). The van der Waals surface area contributed by atoms with Crippen molar-refractivity contribution in [2.24, 2.45) is 0 Å². The molecule has 0 saturated heterocycles. The lowest BCUT2D eigenvalue weighted by molar-refractivity contribution is 0.0964. The summed E-state index contributed by atoms with van der Waals surface area (Å²) in [6.07, 6.45) is 0. The molecule has 110 valence electrons. The van der Waals surface area contributed by atoms with E-state index >= 15 is 0 Å². The number of aliphatic hydroxyl groups excluding tert-OH is 1. The summed E-state index contributed by atoms with van der Waals surface area (Å²) in [6.45, 7) is 2.63. The van der Waals surface area contributed by atoms with Crippen LogP contribution in [0.4, 0.5) is 5.69 Å². The Morgan fingerprint density at radius 2 is 1.76 bits per heavy atom. The van der Waals surface area contributed by atoms with Crippen molar-refractivity contribution in [1.82, 2.24) is 5.32 Å². The molecule has 0 fully saturated rings. The second-order valence-corrected chi connectivity index (χ2v) is 4.96. The third kappa shape index (κ3) is 3.83. The van der Waals surface area contributed by atoms with Gasteiger partial charge < -0.3 is 15.7 Å². The fraction of sp³-hybridized carbons (Fsp3) is 0.235. The maximum atomic E-state index is 11.9. The predicted molar refractivity (Wildman–Crippen MR) is 84.3 cm³/mol. The molecule has 0 radical (unpaired) electrons. The van der Waals surface area contributed by atoms with E-state index in [1.165, 1.54) is 0 Å². The molecule has 0 unspecified atom stereocenters. The molecule has 0 atom stereocenters. The van der Waals surface area contributed by atoms with Crippen molar-refractivity contribution in [2.45, 2.75) is 20.1 Å². The molecular formula is C17H20N2O2. The van der Waals surface area contributed by atoms with Gasteiger partial charge in [-0.05, 0) is 30.2 Å². The van der Waals surface area contributed by atoms with Crippen LogP contribution in [0.25, 0.3) is 0 Å². The zero-order chi connectivity index (χ0) is 15.2. The van der Waals surface area contributed by atoms with Crippen LogP contribution in [0.15, 0.2) is 42.5 Å². The molecule has 0 aliphatic heterocycles. The van der Waals surface area contributed by atoms with Gasteiger partial charge in [0.25, 0.3) is 5.91 Å². The normalized spacial score (nSPS) is 10.2. The first-order chi connectivity index (χ1) is 10.1. The zero-order valence-electron chi connectivity index (χ0n) is 12.3. The fourth-order valence-electron chi connectivity index (χ4n) is 2.09. The minimum atomic E-state index is -0.100. The highest BCUT2D eigenvalue weighted by molar-refractivity contribution is 5.99. The molecule has 4 heteroatoms. The largest absolute Gasteiger partial charge is 0.392 e. The number of anilines is 1. The quantitative estimate of drug-likeness (QED) is 0.790. The molecule has 2 aromatic rings. The van der Waals surface area contributed by atoms with Crippen molar-refractivity contribution >= 4 is 11.6 Å². The summed E-state index contributed by atoms with van der Waals surface area (Å²) in [5.74, 6) is -0.100. The SMILES string of the molecule is CNC(=O)c1cc(C)ccc1NCc1ccc(CO)cc1. The first kappa shape index (κ1) is 15.1. The lowest BCUT2D eigenvalue weighted by atomic mass is 10.1. The van der Waals surface area contributed by atoms with Crippen LogP contribution < -0.4 is 10.6 Å². The van der Waals surface area contributed by atoms with Gasteiger partial charge in [0.15, 0.2) is 0 Å². The number of aliphatic hydroxyl groups is 1. The molecule has 2 aromatic carbocycles. The van der Waals surface area contributed by atoms with Crippen LogP contribution in [-0.2, 0) is 13.2 Å². The summed E-state index contributed by atoms with van der Waals surface area (Å²) >= 11 is 0. The van der Waals surface area contributed by atoms with Crippen molar-refractivity contribution in [2.75, 3.05) is 12.4 Å². The third-order valence-electron chi connectivity index (χ3n) is 3.34. The van der Waals surface area contributed by atoms with E-state index in [0.717, 1.165) is 22.4 Å². The zero-order valence-corrected chi connectivity index (χ0v) is 12.3. The van der Waals surface area contributed by atoms with Crippen LogP contribution in [0.1, 0.15) is 27.0 Å². The molecule has 0 heterocycles. The molecule has 21 heavy (non-hydrogen) atoms. The Hall–Kier alpha value is -2.33. The highest BCUT2D eigenvalue weighted by Gasteiger charge is 2.09. The number of carbonyl (C=O) groups is 1. The lowest BCUT2D eigenvalue weighted by Gasteiger charge is -2.12. The van der Waals surface area contributed by atoms with Crippen LogP contribution in [0, 0.1) is 6.92 Å². The van der Waals surface area contributed by atoms with E-state index in [4.69, 9.17) is 5.11 Å². The molecule has 1 amide bonds. The summed E-state index contributed by atoms with van der Waals surface area (Å²) in [7, 11) is 1.63. The topological polar surface area (TPSA) is 61.4 Å². The third-order valence-corrected chi connectivity index (χ3v) is 3.34. The molecule has 3 N–H and O–H groups in total. The van der Waals surface area contributed by atoms with Crippen LogP contribution in [0.2, 0.25) is 0 Å². The van der Waals surface area contributed by atoms with Gasteiger partial charge in [-0.2, -0.15) is 0 Å². The van der Waals surface area contributed by atoms with E-state index < -0.39 is 0 Å². The highest BCUT2D eigenvalue weighted by Crippen LogP contribution is 2.18. The number of benzene rings is 2. The molecule has 4 nitrogen and oxygen atoms in total. The average molecular weight is 284 g/mol. The van der Waals surface area contributed by atoms with E-state index in [2.05, 4.69) is 10.6 Å². The van der Waals surface area contributed by atoms with Gasteiger partial charge in [-0.25, -0.2) is 0 Å². The number of aryl methyl sites for hydroxylation is 1. The molecular weight excluding hydrogens is 264 g/mol. The molecule has 0 aromatic heterocycles. The van der Waals surface area contributed by atoms with Crippen LogP contribution >= 0.6 is 0 Å². The molecule has 2 rings (SSSR count). The van der Waals surface area contributed by atoms with E-state index in [1.54, 1.807) is 7.05 Å². The van der Waals surface area contributed by atoms with Crippen molar-refractivity contribution in [3.8, 4) is 0 Å². The fourth-order valence-corrected chi connectivity index (χ4v) is 2.09. The Labute approximate surface area is 124 Å². The summed E-state index contributed by atoms with van der Waals surface area (Å²) < 4.78 is 0. The maximum absolute atomic E-state index is 11.9. The second-order valence-electron chi connectivity index (χ2n) is 4.96. The van der Waals surface area contributed by atoms with Gasteiger partial charge in [-0.1, -0.05) is 35.9 Å². The number of rotatable bonds is 5. The summed E-state index contributed by atoms with van der Waals surface area (Å²) in [5.41, 5.74) is 4.48. The van der Waals surface area contributed by atoms with Gasteiger partial charge in [0.2, 0.25) is 0 Å². The highest BCUT2D eigenvalue weighted by atomic mass is 16.3. The number of amides is 1. The van der Waals surface area contributed by atoms with E-state index in [0.29, 0.717) is 12.1 Å². The molecule has 0 saturated carbocycles. The van der Waals surface area contributed by atoms with Crippen molar-refractivity contribution in [3.05, 3.63) is 64.7 Å². The first-order valence-corrected chi connectivity index (χ1v) is 6.89. The number of nitrogens with one attached hydrogen (secondary N) is 2. The molecule has 0 aliphatic carbocycles. The predicted octanol–water partition coefficient (Wildman–Crippen LogP) is 2.46. The van der Waals surface area contributed by atoms with Gasteiger partial charge in [-0.3, -0.25) is 4.79 Å². The minimum absolute atomic E-state index is 0.0481. The van der Waals surface area contributed by atoms with Gasteiger partial charge in [0.1, 0.15) is 0 Å². The first-order valence-electron chi connectivity index (χ1n) is 6.89. The van der Waals surface area contributed by atoms with Crippen LogP contribution in [-0.4, -0.2) is 18.1 Å². The summed E-state index contributed by atoms with van der Waals surface area (Å²) in [6, 6.07) is 13.5. The molecule has 0 bridgehead atoms. The van der Waals surface area contributed by atoms with Crippen molar-refractivity contribution < 1.29 is 9.90 Å². The monoisotopic (exact) mass is 284 g/mol. The number of hydrogen-bond acceptors (Lipinski definition) is 3. The van der Waals surface area contributed by atoms with Crippen LogP contribution in [0.5, 0.6) is 0 Å². The number of carbonyl (C=O) groups excluding carboxylic acids is 1. The Kier molecular flexibility index (Phi) is 4.95. The van der Waals surface area contributed by atoms with Gasteiger partial charge in [0, 0.05) is 19.3 Å². The smallest absolute Gasteiger partial charge is 0.253 e. The van der Waals surface area contributed by atoms with Crippen molar-refractivity contribution in [3.63, 3.8) is 0 Å². The minimum Gasteiger partial charge on any atom is -0.392 e. The van der Waals surface area contributed by atoms with Gasteiger partial charge >= 0.3 is 0 Å². The average Bonchev–Trinajstić information content (AvgIpc) is 2.53. The Balaban J connectivity index is 2.13. The Bertz CT molecular complexity index is 621. The maximum Gasteiger partial charge on any atom is 0.253 e. The van der Waals surface area contributed by atoms with E-state index in [1.807, 2.05) is 49.4 Å². The van der Waals surface area contributed by atoms with Gasteiger partial charge in [-0.15, -0.1) is 0 Å². The van der Waals surface area contributed by atoms with Gasteiger partial charge in [0.05, 0.1) is 12.2 Å². The Morgan fingerprint density at radius 3 is 2.38 bits per heavy atom. The molecule has 0 spiro atoms. The summed E-state index contributed by atoms with van der Waals surface area (Å²) in [5, 5.41) is 15.0. The Morgan fingerprint density at radius 1 is 1.10 bits per heavy atom. The van der Waals surface area contributed by atoms with E-state index in [9.17, 15) is 4.79 Å². The lowest BCUT2D eigenvalue weighted by Crippen LogP contribution is -2.19. The van der Waals surface area contributed by atoms with Crippen LogP contribution in [0.3, 0.4) is 0 Å². The van der Waals surface area contributed by atoms with Crippen molar-refractivity contribution in [1.29, 1.82) is 0 Å². The molecule has 0 aliphatic rings. The second kappa shape index (κ2) is 6.90. The number of hydrogen-bond donors (Lipinski definition) is 3. The summed E-state index contributed by atoms with van der Waals surface area (Å²) in [4.78, 5) is 11.9. The van der Waals surface area contributed by atoms with E-state index in [-0.39, 0.29) is 12.5 Å².